The van der Waals surface area contributed by atoms with Crippen molar-refractivity contribution in [2.75, 3.05) is 6.61 Å². The lowest BCUT2D eigenvalue weighted by atomic mass is 9.85. The van der Waals surface area contributed by atoms with Gasteiger partial charge in [0.05, 0.1) is 5.56 Å². The summed E-state index contributed by atoms with van der Waals surface area (Å²) in [7, 11) is 0. The Morgan fingerprint density at radius 1 is 1.37 bits per heavy atom. The molecule has 1 saturated carbocycles. The summed E-state index contributed by atoms with van der Waals surface area (Å²) < 4.78 is 0.748. The van der Waals surface area contributed by atoms with Crippen molar-refractivity contribution in [3.63, 3.8) is 0 Å². The van der Waals surface area contributed by atoms with Gasteiger partial charge < -0.3 is 15.5 Å². The van der Waals surface area contributed by atoms with E-state index in [0.29, 0.717) is 0 Å². The van der Waals surface area contributed by atoms with Gasteiger partial charge in [0.15, 0.2) is 0 Å². The molecule has 2 atom stereocenters. The third-order valence-electron chi connectivity index (χ3n) is 3.66. The number of hydrogen-bond donors (Lipinski definition) is 3. The van der Waals surface area contributed by atoms with E-state index in [4.69, 9.17) is 0 Å². The molecule has 1 aromatic carbocycles. The Hall–Kier alpha value is -1.07. The predicted molar refractivity (Wildman–Crippen MR) is 76.1 cm³/mol. The molecular weight excluding hydrogens is 310 g/mol. The third kappa shape index (κ3) is 3.48. The molecule has 1 aromatic rings. The second kappa shape index (κ2) is 6.39. The number of carbonyl (C=O) groups excluding carboxylic acids is 1. The number of phenols is 1. The smallest absolute Gasteiger partial charge is 0.255 e. The van der Waals surface area contributed by atoms with Gasteiger partial charge in [-0.25, -0.2) is 0 Å². The maximum absolute atomic E-state index is 12.2. The maximum atomic E-state index is 12.2. The van der Waals surface area contributed by atoms with Gasteiger partial charge in [-0.1, -0.05) is 28.8 Å². The minimum Gasteiger partial charge on any atom is -0.507 e. The molecule has 0 heterocycles. The fourth-order valence-corrected chi connectivity index (χ4v) is 2.91. The van der Waals surface area contributed by atoms with Crippen LogP contribution in [-0.4, -0.2) is 28.8 Å². The summed E-state index contributed by atoms with van der Waals surface area (Å²) in [4.78, 5) is 12.2. The van der Waals surface area contributed by atoms with Crippen LogP contribution >= 0.6 is 15.9 Å². The number of nitrogens with one attached hydrogen (secondary N) is 1. The summed E-state index contributed by atoms with van der Waals surface area (Å²) in [5.41, 5.74) is 0.261. The second-order valence-electron chi connectivity index (χ2n) is 4.97. The first-order chi connectivity index (χ1) is 9.11. The number of aliphatic hydroxyl groups is 1. The number of rotatable bonds is 3. The highest BCUT2D eigenvalue weighted by molar-refractivity contribution is 9.10. The summed E-state index contributed by atoms with van der Waals surface area (Å²) in [6.45, 7) is 0.0927. The van der Waals surface area contributed by atoms with Crippen molar-refractivity contribution < 1.29 is 15.0 Å². The quantitative estimate of drug-likeness (QED) is 0.798. The number of phenolic OH excluding ortho intramolecular Hbond substituents is 1. The molecule has 0 aliphatic heterocycles. The van der Waals surface area contributed by atoms with Crippen molar-refractivity contribution in [1.29, 1.82) is 0 Å². The third-order valence-corrected chi connectivity index (χ3v) is 4.16. The molecule has 1 fully saturated rings. The van der Waals surface area contributed by atoms with E-state index in [0.717, 1.165) is 30.2 Å². The normalized spacial score (nSPS) is 23.1. The van der Waals surface area contributed by atoms with Gasteiger partial charge in [0.2, 0.25) is 0 Å². The van der Waals surface area contributed by atoms with Crippen LogP contribution in [0, 0.1) is 5.92 Å². The molecule has 2 unspecified atom stereocenters. The number of halogens is 1. The van der Waals surface area contributed by atoms with Crippen LogP contribution in [-0.2, 0) is 0 Å². The summed E-state index contributed by atoms with van der Waals surface area (Å²) >= 11 is 3.28. The van der Waals surface area contributed by atoms with Gasteiger partial charge in [-0.05, 0) is 31.0 Å². The first-order valence-electron chi connectivity index (χ1n) is 6.52. The van der Waals surface area contributed by atoms with Gasteiger partial charge in [-0.2, -0.15) is 0 Å². The van der Waals surface area contributed by atoms with E-state index in [9.17, 15) is 15.0 Å². The van der Waals surface area contributed by atoms with Crippen LogP contribution in [0.3, 0.4) is 0 Å². The zero-order chi connectivity index (χ0) is 13.8. The fraction of sp³-hybridized carbons (Fsp3) is 0.500. The molecule has 0 aromatic heterocycles. The van der Waals surface area contributed by atoms with E-state index >= 15 is 0 Å². The Balaban J connectivity index is 2.09. The zero-order valence-corrected chi connectivity index (χ0v) is 12.2. The number of amides is 1. The minimum absolute atomic E-state index is 0.00960. The Morgan fingerprint density at radius 3 is 2.84 bits per heavy atom. The highest BCUT2D eigenvalue weighted by atomic mass is 79.9. The van der Waals surface area contributed by atoms with Gasteiger partial charge in [-0.15, -0.1) is 0 Å². The number of carbonyl (C=O) groups is 1. The lowest BCUT2D eigenvalue weighted by Crippen LogP contribution is -2.43. The van der Waals surface area contributed by atoms with E-state index in [1.165, 1.54) is 6.07 Å². The van der Waals surface area contributed by atoms with Crippen LogP contribution in [0.25, 0.3) is 0 Å². The van der Waals surface area contributed by atoms with E-state index < -0.39 is 0 Å². The van der Waals surface area contributed by atoms with Crippen LogP contribution in [0.5, 0.6) is 5.75 Å². The molecule has 2 rings (SSSR count). The summed E-state index contributed by atoms with van der Waals surface area (Å²) in [6, 6.07) is 4.76. The summed E-state index contributed by atoms with van der Waals surface area (Å²) in [6.07, 6.45) is 3.98. The summed E-state index contributed by atoms with van der Waals surface area (Å²) in [5, 5.41) is 22.0. The highest BCUT2D eigenvalue weighted by Crippen LogP contribution is 2.26. The van der Waals surface area contributed by atoms with E-state index in [-0.39, 0.29) is 35.8 Å². The molecule has 3 N–H and O–H groups in total. The lowest BCUT2D eigenvalue weighted by molar-refractivity contribution is 0.0870. The van der Waals surface area contributed by atoms with Crippen LogP contribution in [0.2, 0.25) is 0 Å². The van der Waals surface area contributed by atoms with Gasteiger partial charge in [-0.3, -0.25) is 4.79 Å². The van der Waals surface area contributed by atoms with Gasteiger partial charge in [0.25, 0.3) is 5.91 Å². The number of hydrogen-bond acceptors (Lipinski definition) is 3. The number of benzene rings is 1. The SMILES string of the molecule is O=C(NC1CCCCC1CO)c1cc(Br)ccc1O. The van der Waals surface area contributed by atoms with Gasteiger partial charge in [0.1, 0.15) is 5.75 Å². The van der Waals surface area contributed by atoms with Crippen LogP contribution < -0.4 is 5.32 Å². The first kappa shape index (κ1) is 14.3. The van der Waals surface area contributed by atoms with Crippen LogP contribution in [0.1, 0.15) is 36.0 Å². The topological polar surface area (TPSA) is 69.6 Å². The molecule has 0 spiro atoms. The molecule has 1 aliphatic rings. The van der Waals surface area contributed by atoms with Crippen molar-refractivity contribution in [3.8, 4) is 5.75 Å². The summed E-state index contributed by atoms with van der Waals surface area (Å²) in [5.74, 6) is -0.201. The average molecular weight is 328 g/mol. The molecule has 5 heteroatoms. The molecule has 104 valence electrons. The van der Waals surface area contributed by atoms with Gasteiger partial charge >= 0.3 is 0 Å². The maximum Gasteiger partial charge on any atom is 0.255 e. The van der Waals surface area contributed by atoms with E-state index in [1.807, 2.05) is 0 Å². The standard InChI is InChI=1S/C14H18BrNO3/c15-10-5-6-13(18)11(7-10)14(19)16-12-4-2-1-3-9(12)8-17/h5-7,9,12,17-18H,1-4,8H2,(H,16,19). The lowest BCUT2D eigenvalue weighted by Gasteiger charge is -2.30. The van der Waals surface area contributed by atoms with Crippen molar-refractivity contribution in [2.45, 2.75) is 31.7 Å². The molecule has 4 nitrogen and oxygen atoms in total. The van der Waals surface area contributed by atoms with Crippen molar-refractivity contribution in [3.05, 3.63) is 28.2 Å². The minimum atomic E-state index is -0.288. The second-order valence-corrected chi connectivity index (χ2v) is 5.88. The monoisotopic (exact) mass is 327 g/mol. The Morgan fingerprint density at radius 2 is 2.11 bits per heavy atom. The molecule has 1 amide bonds. The van der Waals surface area contributed by atoms with Crippen molar-refractivity contribution in [1.82, 2.24) is 5.32 Å². The molecule has 0 saturated heterocycles. The molecule has 0 bridgehead atoms. The average Bonchev–Trinajstić information content (AvgIpc) is 2.42. The van der Waals surface area contributed by atoms with Crippen LogP contribution in [0.4, 0.5) is 0 Å². The Kier molecular flexibility index (Phi) is 4.82. The molecule has 1 aliphatic carbocycles. The largest absolute Gasteiger partial charge is 0.507 e. The number of aromatic hydroxyl groups is 1. The first-order valence-corrected chi connectivity index (χ1v) is 7.31. The molecule has 19 heavy (non-hydrogen) atoms. The van der Waals surface area contributed by atoms with E-state index in [2.05, 4.69) is 21.2 Å². The van der Waals surface area contributed by atoms with E-state index in [1.54, 1.807) is 12.1 Å². The fourth-order valence-electron chi connectivity index (χ4n) is 2.55. The number of aliphatic hydroxyl groups excluding tert-OH is 1. The van der Waals surface area contributed by atoms with Gasteiger partial charge in [0, 0.05) is 23.0 Å². The van der Waals surface area contributed by atoms with Crippen molar-refractivity contribution in [2.24, 2.45) is 5.92 Å². The predicted octanol–water partition coefficient (Wildman–Crippen LogP) is 2.44. The zero-order valence-electron chi connectivity index (χ0n) is 10.6. The Bertz CT molecular complexity index is 464. The van der Waals surface area contributed by atoms with Crippen LogP contribution in [0.15, 0.2) is 22.7 Å². The Labute approximate surface area is 121 Å². The highest BCUT2D eigenvalue weighted by Gasteiger charge is 2.26. The molecule has 0 radical (unpaired) electrons. The molecular formula is C14H18BrNO3. The van der Waals surface area contributed by atoms with Crippen molar-refractivity contribution >= 4 is 21.8 Å².